The molecule has 3 rings (SSSR count). The summed E-state index contributed by atoms with van der Waals surface area (Å²) in [6.07, 6.45) is 4.18. The fraction of sp³-hybridized carbons (Fsp3) is 0.680. The van der Waals surface area contributed by atoms with Crippen molar-refractivity contribution in [2.75, 3.05) is 13.1 Å². The van der Waals surface area contributed by atoms with E-state index in [-0.39, 0.29) is 21.8 Å². The van der Waals surface area contributed by atoms with Gasteiger partial charge in [-0.3, -0.25) is 0 Å². The largest absolute Gasteiger partial charge is 0.598 e. The number of ether oxygens (including phenoxy) is 1. The van der Waals surface area contributed by atoms with Crippen molar-refractivity contribution in [3.8, 4) is 6.07 Å². The van der Waals surface area contributed by atoms with Crippen molar-refractivity contribution in [3.63, 3.8) is 0 Å². The predicted octanol–water partition coefficient (Wildman–Crippen LogP) is 4.70. The van der Waals surface area contributed by atoms with Gasteiger partial charge in [-0.2, -0.15) is 5.26 Å². The maximum atomic E-state index is 13.1. The highest BCUT2D eigenvalue weighted by Gasteiger charge is 2.54. The lowest BCUT2D eigenvalue weighted by Gasteiger charge is -2.36. The van der Waals surface area contributed by atoms with Crippen LogP contribution in [0.15, 0.2) is 24.3 Å². The second kappa shape index (κ2) is 8.89. The molecule has 176 valence electrons. The van der Waals surface area contributed by atoms with Gasteiger partial charge in [0.25, 0.3) is 0 Å². The average Bonchev–Trinajstić information content (AvgIpc) is 3.24. The van der Waals surface area contributed by atoms with Gasteiger partial charge in [0.2, 0.25) is 0 Å². The van der Waals surface area contributed by atoms with E-state index in [4.69, 9.17) is 10.00 Å². The molecule has 3 unspecified atom stereocenters. The molecule has 32 heavy (non-hydrogen) atoms. The monoisotopic (exact) mass is 459 g/mol. The smallest absolute Gasteiger partial charge is 0.410 e. The standard InChI is InChI=1S/C25H37N3O3S/c1-22(2,3)31-21(29)28-14-13-24(18-28)11-12-25(17-24,27-32(30)23(4,5)6)15-19-7-9-20(16-26)10-8-19/h7-10,27H,11-15,17-18H2,1-6H3. The Hall–Kier alpha value is -1.75. The Kier molecular flexibility index (Phi) is 6.91. The molecule has 1 aromatic rings. The van der Waals surface area contributed by atoms with Gasteiger partial charge in [-0.25, -0.2) is 4.79 Å². The topological polar surface area (TPSA) is 88.4 Å². The minimum absolute atomic E-state index is 0.0125. The highest BCUT2D eigenvalue weighted by atomic mass is 32.2. The van der Waals surface area contributed by atoms with Crippen molar-refractivity contribution >= 4 is 17.5 Å². The molecule has 1 saturated heterocycles. The Morgan fingerprint density at radius 1 is 1.19 bits per heavy atom. The molecule has 1 N–H and O–H groups in total. The zero-order valence-corrected chi connectivity index (χ0v) is 21.1. The summed E-state index contributed by atoms with van der Waals surface area (Å²) in [6.45, 7) is 13.0. The Bertz CT molecular complexity index is 868. The number of nitrogens with one attached hydrogen (secondary N) is 1. The lowest BCUT2D eigenvalue weighted by atomic mass is 9.81. The summed E-state index contributed by atoms with van der Waals surface area (Å²) in [5.74, 6) is 0. The van der Waals surface area contributed by atoms with Gasteiger partial charge in [0.1, 0.15) is 10.3 Å². The fourth-order valence-corrected chi connectivity index (χ4v) is 5.82. The summed E-state index contributed by atoms with van der Waals surface area (Å²) in [5, 5.41) is 9.11. The van der Waals surface area contributed by atoms with Gasteiger partial charge in [0, 0.05) is 24.5 Å². The molecular weight excluding hydrogens is 422 g/mol. The molecule has 2 fully saturated rings. The van der Waals surface area contributed by atoms with Gasteiger partial charge in [-0.15, -0.1) is 4.72 Å². The van der Waals surface area contributed by atoms with Gasteiger partial charge < -0.3 is 14.2 Å². The average molecular weight is 460 g/mol. The summed E-state index contributed by atoms with van der Waals surface area (Å²) in [5.41, 5.74) is 0.962. The number of carbonyl (C=O) groups is 1. The molecule has 0 radical (unpaired) electrons. The number of amides is 1. The lowest BCUT2D eigenvalue weighted by molar-refractivity contribution is 0.0272. The third-order valence-corrected chi connectivity index (χ3v) is 8.16. The van der Waals surface area contributed by atoms with E-state index in [0.29, 0.717) is 18.7 Å². The molecule has 1 saturated carbocycles. The van der Waals surface area contributed by atoms with Crippen LogP contribution in [0.4, 0.5) is 4.79 Å². The normalized spacial score (nSPS) is 26.9. The summed E-state index contributed by atoms with van der Waals surface area (Å²) < 4.78 is 21.9. The molecule has 7 heteroatoms. The van der Waals surface area contributed by atoms with Crippen LogP contribution in [0.5, 0.6) is 0 Å². The third-order valence-electron chi connectivity index (χ3n) is 6.43. The molecule has 3 atom stereocenters. The number of nitrogens with zero attached hydrogens (tertiary/aromatic N) is 2. The van der Waals surface area contributed by atoms with Crippen molar-refractivity contribution in [3.05, 3.63) is 35.4 Å². The van der Waals surface area contributed by atoms with Crippen LogP contribution >= 0.6 is 0 Å². The van der Waals surface area contributed by atoms with Crippen molar-refractivity contribution in [2.45, 2.75) is 89.5 Å². The Labute approximate surface area is 196 Å². The second-order valence-electron chi connectivity index (χ2n) is 11.6. The predicted molar refractivity (Wildman–Crippen MR) is 127 cm³/mol. The lowest BCUT2D eigenvalue weighted by Crippen LogP contribution is -2.54. The zero-order chi connectivity index (χ0) is 23.8. The molecule has 1 aromatic carbocycles. The van der Waals surface area contributed by atoms with Crippen molar-refractivity contribution < 1.29 is 14.1 Å². The minimum atomic E-state index is -1.20. The molecule has 0 bridgehead atoms. The fourth-order valence-electron chi connectivity index (χ4n) is 4.88. The number of benzene rings is 1. The number of hydrogen-bond donors (Lipinski definition) is 1. The first-order valence-corrected chi connectivity index (χ1v) is 12.6. The first-order valence-electron chi connectivity index (χ1n) is 11.4. The van der Waals surface area contributed by atoms with Gasteiger partial charge in [0.05, 0.1) is 17.2 Å². The van der Waals surface area contributed by atoms with E-state index in [2.05, 4.69) is 10.8 Å². The van der Waals surface area contributed by atoms with Gasteiger partial charge in [-0.05, 0) is 96.8 Å². The molecule has 1 aliphatic heterocycles. The summed E-state index contributed by atoms with van der Waals surface area (Å²) in [4.78, 5) is 14.5. The van der Waals surface area contributed by atoms with Crippen LogP contribution in [0.25, 0.3) is 0 Å². The number of likely N-dealkylation sites (tertiary alicyclic amines) is 1. The van der Waals surface area contributed by atoms with E-state index in [0.717, 1.165) is 37.7 Å². The van der Waals surface area contributed by atoms with E-state index in [1.165, 1.54) is 0 Å². The highest BCUT2D eigenvalue weighted by molar-refractivity contribution is 7.90. The van der Waals surface area contributed by atoms with Crippen LogP contribution < -0.4 is 4.72 Å². The molecule has 1 heterocycles. The molecule has 1 aliphatic carbocycles. The number of carbonyl (C=O) groups excluding carboxylic acids is 1. The molecule has 1 spiro atoms. The second-order valence-corrected chi connectivity index (χ2v) is 13.5. The third kappa shape index (κ3) is 5.98. The summed E-state index contributed by atoms with van der Waals surface area (Å²) in [7, 11) is 0. The van der Waals surface area contributed by atoms with Gasteiger partial charge in [-0.1, -0.05) is 12.1 Å². The van der Waals surface area contributed by atoms with E-state index in [1.807, 2.05) is 70.7 Å². The van der Waals surface area contributed by atoms with E-state index in [9.17, 15) is 9.35 Å². The van der Waals surface area contributed by atoms with Crippen molar-refractivity contribution in [2.24, 2.45) is 5.41 Å². The van der Waals surface area contributed by atoms with Crippen LogP contribution in [-0.4, -0.2) is 44.5 Å². The Morgan fingerprint density at radius 3 is 2.41 bits per heavy atom. The van der Waals surface area contributed by atoms with E-state index < -0.39 is 17.0 Å². The van der Waals surface area contributed by atoms with Crippen LogP contribution in [0.3, 0.4) is 0 Å². The van der Waals surface area contributed by atoms with Crippen molar-refractivity contribution in [1.29, 1.82) is 5.26 Å². The van der Waals surface area contributed by atoms with Crippen LogP contribution in [0.1, 0.15) is 78.4 Å². The van der Waals surface area contributed by atoms with Crippen LogP contribution in [0, 0.1) is 16.7 Å². The number of hydrogen-bond acceptors (Lipinski definition) is 5. The Balaban J connectivity index is 1.79. The summed E-state index contributed by atoms with van der Waals surface area (Å²) >= 11 is -1.20. The molecule has 2 aliphatic rings. The summed E-state index contributed by atoms with van der Waals surface area (Å²) in [6, 6.07) is 9.84. The molecular formula is C25H37N3O3S. The maximum Gasteiger partial charge on any atom is 0.410 e. The van der Waals surface area contributed by atoms with Crippen LogP contribution in [-0.2, 0) is 22.5 Å². The molecule has 0 aromatic heterocycles. The van der Waals surface area contributed by atoms with E-state index in [1.54, 1.807) is 0 Å². The van der Waals surface area contributed by atoms with Crippen molar-refractivity contribution in [1.82, 2.24) is 9.62 Å². The van der Waals surface area contributed by atoms with E-state index >= 15 is 0 Å². The first kappa shape index (κ1) is 24.9. The van der Waals surface area contributed by atoms with Gasteiger partial charge >= 0.3 is 6.09 Å². The molecule has 1 amide bonds. The first-order chi connectivity index (χ1) is 14.7. The zero-order valence-electron chi connectivity index (χ0n) is 20.3. The number of rotatable bonds is 4. The Morgan fingerprint density at radius 2 is 1.84 bits per heavy atom. The SMILES string of the molecule is CC(C)(C)OC(=O)N1CCC2(CCC(Cc3ccc(C#N)cc3)(N[S+]([O-])C(C)(C)C)C2)C1. The highest BCUT2D eigenvalue weighted by Crippen LogP contribution is 2.51. The molecule has 6 nitrogen and oxygen atoms in total. The quantitative estimate of drug-likeness (QED) is 0.659. The number of nitriles is 1. The van der Waals surface area contributed by atoms with Gasteiger partial charge in [0.15, 0.2) is 0 Å². The maximum absolute atomic E-state index is 13.1. The van der Waals surface area contributed by atoms with Crippen LogP contribution in [0.2, 0.25) is 0 Å². The minimum Gasteiger partial charge on any atom is -0.598 e.